The summed E-state index contributed by atoms with van der Waals surface area (Å²) in [6.45, 7) is 5.31. The topological polar surface area (TPSA) is 64.5 Å². The minimum absolute atomic E-state index is 0.501. The van der Waals surface area contributed by atoms with Gasteiger partial charge in [-0.2, -0.15) is 0 Å². The Balaban J connectivity index is 1.53. The van der Waals surface area contributed by atoms with Gasteiger partial charge >= 0.3 is 0 Å². The first-order valence-corrected chi connectivity index (χ1v) is 6.12. The van der Waals surface area contributed by atoms with Crippen molar-refractivity contribution in [3.63, 3.8) is 0 Å². The van der Waals surface area contributed by atoms with Crippen molar-refractivity contribution >= 4 is 11.4 Å². The minimum Gasteiger partial charge on any atom is -0.397 e. The van der Waals surface area contributed by atoms with Gasteiger partial charge in [0.2, 0.25) is 0 Å². The molecule has 2 fully saturated rings. The number of ether oxygens (including phenoxy) is 1. The highest BCUT2D eigenvalue weighted by molar-refractivity contribution is 5.67. The monoisotopic (exact) mass is 233 g/mol. The van der Waals surface area contributed by atoms with Gasteiger partial charge in [-0.25, -0.2) is 0 Å². The summed E-state index contributed by atoms with van der Waals surface area (Å²) >= 11 is 0. The van der Waals surface area contributed by atoms with Crippen LogP contribution in [-0.4, -0.2) is 37.7 Å². The molecule has 0 unspecified atom stereocenters. The maximum atomic E-state index is 5.96. The second-order valence-electron chi connectivity index (χ2n) is 5.37. The van der Waals surface area contributed by atoms with Crippen LogP contribution in [0.4, 0.5) is 11.4 Å². The smallest absolute Gasteiger partial charge is 0.0580 e. The van der Waals surface area contributed by atoms with E-state index >= 15 is 0 Å². The number of likely N-dealkylation sites (tertiary alicyclic amines) is 1. The van der Waals surface area contributed by atoms with E-state index < -0.39 is 0 Å². The Morgan fingerprint density at radius 2 is 2.00 bits per heavy atom. The third kappa shape index (κ3) is 1.87. The molecular weight excluding hydrogens is 214 g/mol. The Hall–Kier alpha value is -1.26. The summed E-state index contributed by atoms with van der Waals surface area (Å²) < 4.78 is 5.26. The van der Waals surface area contributed by atoms with Crippen molar-refractivity contribution in [1.29, 1.82) is 0 Å². The molecule has 0 bridgehead atoms. The molecule has 0 amide bonds. The zero-order valence-corrected chi connectivity index (χ0v) is 9.98. The third-order valence-electron chi connectivity index (χ3n) is 3.86. The molecule has 2 aliphatic heterocycles. The number of anilines is 2. The summed E-state index contributed by atoms with van der Waals surface area (Å²) in [7, 11) is 0. The molecule has 2 heterocycles. The number of nitrogens with zero attached hydrogens (tertiary/aromatic N) is 1. The molecule has 1 aromatic carbocycles. The molecule has 92 valence electrons. The van der Waals surface area contributed by atoms with Crippen LogP contribution in [0.1, 0.15) is 5.56 Å². The highest BCUT2D eigenvalue weighted by Gasteiger charge is 2.48. The summed E-state index contributed by atoms with van der Waals surface area (Å²) in [5.74, 6) is 0. The van der Waals surface area contributed by atoms with Gasteiger partial charge in [-0.05, 0) is 18.1 Å². The Morgan fingerprint density at radius 1 is 1.24 bits per heavy atom. The van der Waals surface area contributed by atoms with Crippen LogP contribution in [0.25, 0.3) is 0 Å². The first-order valence-electron chi connectivity index (χ1n) is 6.12. The fourth-order valence-corrected chi connectivity index (χ4v) is 2.76. The van der Waals surface area contributed by atoms with E-state index in [2.05, 4.69) is 11.0 Å². The molecule has 2 saturated heterocycles. The zero-order valence-electron chi connectivity index (χ0n) is 9.98. The first-order chi connectivity index (χ1) is 8.19. The van der Waals surface area contributed by atoms with Crippen LogP contribution >= 0.6 is 0 Å². The van der Waals surface area contributed by atoms with Gasteiger partial charge in [0.15, 0.2) is 0 Å². The molecule has 0 aromatic heterocycles. The maximum absolute atomic E-state index is 5.96. The van der Waals surface area contributed by atoms with Gasteiger partial charge in [-0.3, -0.25) is 0 Å². The normalized spacial score (nSPS) is 22.1. The van der Waals surface area contributed by atoms with Gasteiger partial charge < -0.3 is 21.1 Å². The van der Waals surface area contributed by atoms with Gasteiger partial charge in [0, 0.05) is 25.0 Å². The highest BCUT2D eigenvalue weighted by Crippen LogP contribution is 2.37. The average Bonchev–Trinajstić information content (AvgIpc) is 2.19. The largest absolute Gasteiger partial charge is 0.397 e. The molecular formula is C13H19N3O. The second kappa shape index (κ2) is 3.89. The highest BCUT2D eigenvalue weighted by atomic mass is 16.5. The Morgan fingerprint density at radius 3 is 2.65 bits per heavy atom. The molecule has 4 nitrogen and oxygen atoms in total. The molecule has 0 saturated carbocycles. The number of para-hydroxylation sites is 1. The lowest BCUT2D eigenvalue weighted by Crippen LogP contribution is -2.66. The SMILES string of the molecule is Nc1cccc(CCN2CC3(COC3)C2)c1N. The number of nitrogen functional groups attached to an aromatic ring is 2. The van der Waals surface area contributed by atoms with E-state index in [0.29, 0.717) is 11.1 Å². The van der Waals surface area contributed by atoms with Crippen LogP contribution in [-0.2, 0) is 11.2 Å². The van der Waals surface area contributed by atoms with Crippen LogP contribution < -0.4 is 11.5 Å². The number of hydrogen-bond acceptors (Lipinski definition) is 4. The van der Waals surface area contributed by atoms with Crippen LogP contribution in [0, 0.1) is 5.41 Å². The van der Waals surface area contributed by atoms with E-state index in [0.717, 1.165) is 37.4 Å². The molecule has 1 aromatic rings. The van der Waals surface area contributed by atoms with Gasteiger partial charge in [-0.1, -0.05) is 12.1 Å². The summed E-state index contributed by atoms with van der Waals surface area (Å²) in [6.07, 6.45) is 0.980. The van der Waals surface area contributed by atoms with Crippen LogP contribution in [0.2, 0.25) is 0 Å². The first kappa shape index (κ1) is 10.9. The Kier molecular flexibility index (Phi) is 2.49. The predicted octanol–water partition coefficient (Wildman–Crippen LogP) is 0.726. The quantitative estimate of drug-likeness (QED) is 0.755. The molecule has 3 rings (SSSR count). The molecule has 0 aliphatic carbocycles. The van der Waals surface area contributed by atoms with Gasteiger partial charge in [-0.15, -0.1) is 0 Å². The van der Waals surface area contributed by atoms with Crippen molar-refractivity contribution in [2.24, 2.45) is 5.41 Å². The van der Waals surface area contributed by atoms with Crippen molar-refractivity contribution in [3.8, 4) is 0 Å². The van der Waals surface area contributed by atoms with Gasteiger partial charge in [0.1, 0.15) is 0 Å². The molecule has 4 N–H and O–H groups in total. The van der Waals surface area contributed by atoms with Crippen LogP contribution in [0.15, 0.2) is 18.2 Å². The van der Waals surface area contributed by atoms with Crippen molar-refractivity contribution in [2.45, 2.75) is 6.42 Å². The number of rotatable bonds is 3. The summed E-state index contributed by atoms with van der Waals surface area (Å²) in [6, 6.07) is 5.88. The molecule has 17 heavy (non-hydrogen) atoms. The summed E-state index contributed by atoms with van der Waals surface area (Å²) in [4.78, 5) is 2.46. The Bertz CT molecular complexity index is 421. The van der Waals surface area contributed by atoms with Crippen LogP contribution in [0.3, 0.4) is 0 Å². The van der Waals surface area contributed by atoms with E-state index in [4.69, 9.17) is 16.2 Å². The van der Waals surface area contributed by atoms with Crippen molar-refractivity contribution in [3.05, 3.63) is 23.8 Å². The fraction of sp³-hybridized carbons (Fsp3) is 0.538. The molecule has 2 aliphatic rings. The fourth-order valence-electron chi connectivity index (χ4n) is 2.76. The van der Waals surface area contributed by atoms with E-state index in [9.17, 15) is 0 Å². The summed E-state index contributed by atoms with van der Waals surface area (Å²) in [5.41, 5.74) is 14.8. The van der Waals surface area contributed by atoms with E-state index in [-0.39, 0.29) is 0 Å². The number of benzene rings is 1. The van der Waals surface area contributed by atoms with E-state index in [1.54, 1.807) is 0 Å². The van der Waals surface area contributed by atoms with Crippen molar-refractivity contribution in [1.82, 2.24) is 4.90 Å². The lowest BCUT2D eigenvalue weighted by atomic mass is 9.78. The molecule has 0 radical (unpaired) electrons. The summed E-state index contributed by atoms with van der Waals surface area (Å²) in [5, 5.41) is 0. The Labute approximate surface area is 102 Å². The van der Waals surface area contributed by atoms with E-state index in [1.165, 1.54) is 13.1 Å². The number of nitrogens with two attached hydrogens (primary N) is 2. The van der Waals surface area contributed by atoms with Crippen molar-refractivity contribution < 1.29 is 4.74 Å². The molecule has 4 heteroatoms. The second-order valence-corrected chi connectivity index (χ2v) is 5.37. The number of hydrogen-bond donors (Lipinski definition) is 2. The van der Waals surface area contributed by atoms with Crippen LogP contribution in [0.5, 0.6) is 0 Å². The van der Waals surface area contributed by atoms with Crippen molar-refractivity contribution in [2.75, 3.05) is 44.3 Å². The minimum atomic E-state index is 0.501. The lowest BCUT2D eigenvalue weighted by Gasteiger charge is -2.55. The molecule has 1 spiro atoms. The van der Waals surface area contributed by atoms with Gasteiger partial charge in [0.05, 0.1) is 24.6 Å². The lowest BCUT2D eigenvalue weighted by molar-refractivity contribution is -0.188. The maximum Gasteiger partial charge on any atom is 0.0580 e. The van der Waals surface area contributed by atoms with E-state index in [1.807, 2.05) is 12.1 Å². The van der Waals surface area contributed by atoms with Gasteiger partial charge in [0.25, 0.3) is 0 Å². The molecule has 0 atom stereocenters. The third-order valence-corrected chi connectivity index (χ3v) is 3.86. The predicted molar refractivity (Wildman–Crippen MR) is 68.7 cm³/mol. The zero-order chi connectivity index (χ0) is 11.9. The standard InChI is InChI=1S/C13H19N3O/c14-11-3-1-2-10(12(11)15)4-5-16-6-13(7-16)8-17-9-13/h1-3H,4-9,14-15H2. The average molecular weight is 233 g/mol.